The van der Waals surface area contributed by atoms with Crippen LogP contribution >= 0.6 is 0 Å². The second-order valence-electron chi connectivity index (χ2n) is 4.23. The average Bonchev–Trinajstić information content (AvgIpc) is 2.36. The van der Waals surface area contributed by atoms with Gasteiger partial charge in [-0.25, -0.2) is 12.8 Å². The molecule has 0 spiro atoms. The van der Waals surface area contributed by atoms with Crippen molar-refractivity contribution in [3.8, 4) is 0 Å². The number of unbranched alkanes of at least 4 members (excludes halogenated alkanes) is 1. The summed E-state index contributed by atoms with van der Waals surface area (Å²) in [5, 5.41) is 3.20. The Morgan fingerprint density at radius 2 is 2.11 bits per heavy atom. The van der Waals surface area contributed by atoms with Crippen molar-refractivity contribution in [1.29, 1.82) is 0 Å². The molecule has 1 heterocycles. The normalized spacial score (nSPS) is 11.5. The van der Waals surface area contributed by atoms with Gasteiger partial charge in [-0.05, 0) is 38.4 Å². The van der Waals surface area contributed by atoms with E-state index < -0.39 is 15.8 Å². The fraction of sp³-hybridized carbons (Fsp3) is 0.583. The smallest absolute Gasteiger partial charge is 0.232 e. The number of halogens is 1. The van der Waals surface area contributed by atoms with Crippen molar-refractivity contribution in [3.63, 3.8) is 0 Å². The maximum absolute atomic E-state index is 13.2. The molecule has 2 N–H and O–H groups in total. The summed E-state index contributed by atoms with van der Waals surface area (Å²) in [7, 11) is -3.50. The Morgan fingerprint density at radius 3 is 2.79 bits per heavy atom. The minimum atomic E-state index is -3.50. The molecule has 0 aliphatic rings. The van der Waals surface area contributed by atoms with E-state index in [-0.39, 0.29) is 11.4 Å². The molecule has 0 aliphatic heterocycles. The van der Waals surface area contributed by atoms with Gasteiger partial charge in [0, 0.05) is 6.20 Å². The highest BCUT2D eigenvalue weighted by Crippen LogP contribution is 2.13. The van der Waals surface area contributed by atoms with E-state index in [2.05, 4.69) is 21.9 Å². The summed E-state index contributed by atoms with van der Waals surface area (Å²) in [5.74, 6) is -0.682. The first-order valence-electron chi connectivity index (χ1n) is 6.36. The third-order valence-corrected chi connectivity index (χ3v) is 3.84. The van der Waals surface area contributed by atoms with Gasteiger partial charge in [0.2, 0.25) is 10.0 Å². The Kier molecular flexibility index (Phi) is 6.72. The predicted octanol–water partition coefficient (Wildman–Crippen LogP) is 1.74. The van der Waals surface area contributed by atoms with Crippen molar-refractivity contribution in [1.82, 2.24) is 10.3 Å². The van der Waals surface area contributed by atoms with Gasteiger partial charge in [0.1, 0.15) is 0 Å². The number of anilines is 1. The fourth-order valence-corrected chi connectivity index (χ4v) is 2.71. The molecule has 0 saturated heterocycles. The number of rotatable bonds is 9. The quantitative estimate of drug-likeness (QED) is 0.679. The molecular formula is C12H20FN3O2S. The first-order valence-corrected chi connectivity index (χ1v) is 8.01. The lowest BCUT2D eigenvalue weighted by atomic mass is 10.3. The number of hydrogen-bond acceptors (Lipinski definition) is 4. The zero-order valence-electron chi connectivity index (χ0n) is 11.0. The van der Waals surface area contributed by atoms with Crippen LogP contribution < -0.4 is 10.0 Å². The van der Waals surface area contributed by atoms with E-state index in [1.165, 1.54) is 12.3 Å². The molecule has 0 bridgehead atoms. The Morgan fingerprint density at radius 1 is 1.32 bits per heavy atom. The second-order valence-corrected chi connectivity index (χ2v) is 6.08. The number of nitrogens with one attached hydrogen (secondary N) is 2. The number of pyridine rings is 1. The molecule has 0 atom stereocenters. The van der Waals surface area contributed by atoms with Crippen LogP contribution in [0.5, 0.6) is 0 Å². The zero-order valence-corrected chi connectivity index (χ0v) is 11.8. The van der Waals surface area contributed by atoms with Gasteiger partial charge in [-0.3, -0.25) is 9.71 Å². The number of aromatic nitrogens is 1. The van der Waals surface area contributed by atoms with Crippen molar-refractivity contribution >= 4 is 15.7 Å². The maximum Gasteiger partial charge on any atom is 0.232 e. The molecule has 108 valence electrons. The van der Waals surface area contributed by atoms with Crippen LogP contribution in [0.3, 0.4) is 0 Å². The van der Waals surface area contributed by atoms with Crippen LogP contribution in [0.25, 0.3) is 0 Å². The number of nitrogens with zero attached hydrogens (tertiary/aromatic N) is 1. The topological polar surface area (TPSA) is 71.1 Å². The Hall–Kier alpha value is -1.21. The van der Waals surface area contributed by atoms with Crippen molar-refractivity contribution in [2.75, 3.05) is 23.6 Å². The molecule has 0 amide bonds. The highest BCUT2D eigenvalue weighted by Gasteiger charge is 2.12. The standard InChI is InChI=1S/C12H20FN3O2S/c1-2-6-14-7-3-4-9-19(17,18)16-12-5-8-15-10-11(12)13/h5,8,10,14H,2-4,6-7,9H2,1H3,(H,15,16). The molecule has 0 saturated carbocycles. The van der Waals surface area contributed by atoms with Crippen LogP contribution in [0.15, 0.2) is 18.5 Å². The summed E-state index contributed by atoms with van der Waals surface area (Å²) in [6.07, 6.45) is 4.70. The molecule has 7 heteroatoms. The van der Waals surface area contributed by atoms with Gasteiger partial charge in [-0.2, -0.15) is 0 Å². The Labute approximate surface area is 113 Å². The van der Waals surface area contributed by atoms with Crippen molar-refractivity contribution in [2.24, 2.45) is 0 Å². The van der Waals surface area contributed by atoms with E-state index >= 15 is 0 Å². The lowest BCUT2D eigenvalue weighted by Crippen LogP contribution is -2.20. The van der Waals surface area contributed by atoms with Gasteiger partial charge < -0.3 is 5.32 Å². The van der Waals surface area contributed by atoms with Crippen molar-refractivity contribution < 1.29 is 12.8 Å². The summed E-state index contributed by atoms with van der Waals surface area (Å²) < 4.78 is 38.9. The lowest BCUT2D eigenvalue weighted by molar-refractivity contribution is 0.588. The van der Waals surface area contributed by atoms with Crippen LogP contribution in [-0.2, 0) is 10.0 Å². The summed E-state index contributed by atoms with van der Waals surface area (Å²) in [6, 6.07) is 1.30. The molecular weight excluding hydrogens is 269 g/mol. The molecule has 19 heavy (non-hydrogen) atoms. The van der Waals surface area contributed by atoms with Crippen LogP contribution in [0.2, 0.25) is 0 Å². The summed E-state index contributed by atoms with van der Waals surface area (Å²) in [6.45, 7) is 3.81. The summed E-state index contributed by atoms with van der Waals surface area (Å²) in [4.78, 5) is 3.56. The molecule has 0 aromatic carbocycles. The largest absolute Gasteiger partial charge is 0.317 e. The minimum Gasteiger partial charge on any atom is -0.317 e. The monoisotopic (exact) mass is 289 g/mol. The Balaban J connectivity index is 2.34. The van der Waals surface area contributed by atoms with E-state index in [9.17, 15) is 12.8 Å². The van der Waals surface area contributed by atoms with E-state index in [0.29, 0.717) is 6.42 Å². The van der Waals surface area contributed by atoms with Gasteiger partial charge in [0.05, 0.1) is 17.6 Å². The molecule has 1 aromatic heterocycles. The second kappa shape index (κ2) is 8.06. The highest BCUT2D eigenvalue weighted by molar-refractivity contribution is 7.92. The van der Waals surface area contributed by atoms with Gasteiger partial charge >= 0.3 is 0 Å². The SMILES string of the molecule is CCCNCCCCS(=O)(=O)Nc1ccncc1F. The summed E-state index contributed by atoms with van der Waals surface area (Å²) in [5.41, 5.74) is -0.0564. The maximum atomic E-state index is 13.2. The molecule has 0 radical (unpaired) electrons. The Bertz CT molecular complexity index is 480. The molecule has 1 rings (SSSR count). The summed E-state index contributed by atoms with van der Waals surface area (Å²) >= 11 is 0. The first-order chi connectivity index (χ1) is 9.05. The van der Waals surface area contributed by atoms with Gasteiger partial charge in [0.25, 0.3) is 0 Å². The van der Waals surface area contributed by atoms with E-state index in [0.717, 1.165) is 32.1 Å². The molecule has 1 aromatic rings. The number of sulfonamides is 1. The third kappa shape index (κ3) is 6.49. The first kappa shape index (κ1) is 15.8. The molecule has 5 nitrogen and oxygen atoms in total. The van der Waals surface area contributed by atoms with Crippen LogP contribution in [-0.4, -0.2) is 32.2 Å². The van der Waals surface area contributed by atoms with Crippen LogP contribution in [0.4, 0.5) is 10.1 Å². The zero-order chi connectivity index (χ0) is 14.1. The predicted molar refractivity (Wildman–Crippen MR) is 74.0 cm³/mol. The van der Waals surface area contributed by atoms with Crippen molar-refractivity contribution in [3.05, 3.63) is 24.3 Å². The average molecular weight is 289 g/mol. The van der Waals surface area contributed by atoms with E-state index in [1.807, 2.05) is 0 Å². The van der Waals surface area contributed by atoms with Gasteiger partial charge in [0.15, 0.2) is 5.82 Å². The lowest BCUT2D eigenvalue weighted by Gasteiger charge is -2.08. The van der Waals surface area contributed by atoms with Crippen LogP contribution in [0.1, 0.15) is 26.2 Å². The van der Waals surface area contributed by atoms with E-state index in [4.69, 9.17) is 0 Å². The minimum absolute atomic E-state index is 0.0113. The fourth-order valence-electron chi connectivity index (χ4n) is 1.52. The van der Waals surface area contributed by atoms with E-state index in [1.54, 1.807) is 0 Å². The number of hydrogen-bond donors (Lipinski definition) is 2. The van der Waals surface area contributed by atoms with Gasteiger partial charge in [-0.1, -0.05) is 6.92 Å². The molecule has 0 unspecified atom stereocenters. The molecule has 0 fully saturated rings. The highest BCUT2D eigenvalue weighted by atomic mass is 32.2. The third-order valence-electron chi connectivity index (χ3n) is 2.48. The molecule has 0 aliphatic carbocycles. The van der Waals surface area contributed by atoms with Crippen LogP contribution in [0, 0.1) is 5.82 Å². The van der Waals surface area contributed by atoms with Crippen molar-refractivity contribution in [2.45, 2.75) is 26.2 Å². The van der Waals surface area contributed by atoms with Gasteiger partial charge in [-0.15, -0.1) is 0 Å².